The predicted molar refractivity (Wildman–Crippen MR) is 52.1 cm³/mol. The summed E-state index contributed by atoms with van der Waals surface area (Å²) < 4.78 is 0. The lowest BCUT2D eigenvalue weighted by Crippen LogP contribution is -2.43. The van der Waals surface area contributed by atoms with E-state index in [1.165, 1.54) is 19.3 Å². The van der Waals surface area contributed by atoms with Gasteiger partial charge in [0.1, 0.15) is 0 Å². The highest BCUT2D eigenvalue weighted by Gasteiger charge is 2.16. The van der Waals surface area contributed by atoms with Crippen molar-refractivity contribution in [1.82, 2.24) is 5.32 Å². The van der Waals surface area contributed by atoms with Crippen LogP contribution >= 0.6 is 0 Å². The number of rotatable bonds is 3. The summed E-state index contributed by atoms with van der Waals surface area (Å²) in [5.74, 6) is 1.21. The molecule has 0 aromatic carbocycles. The van der Waals surface area contributed by atoms with Gasteiger partial charge in [-0.15, -0.1) is 0 Å². The van der Waals surface area contributed by atoms with E-state index >= 15 is 0 Å². The lowest BCUT2D eigenvalue weighted by atomic mass is 9.93. The van der Waals surface area contributed by atoms with E-state index in [9.17, 15) is 0 Å². The molecule has 0 aromatic heterocycles. The second kappa shape index (κ2) is 4.33. The first-order valence-corrected chi connectivity index (χ1v) is 4.75. The first kappa shape index (κ1) is 9.36. The van der Waals surface area contributed by atoms with Gasteiger partial charge >= 0.3 is 0 Å². The summed E-state index contributed by atoms with van der Waals surface area (Å²) in [6.07, 6.45) is 3.82. The van der Waals surface area contributed by atoms with E-state index in [0.717, 1.165) is 6.54 Å². The monoisotopic (exact) mass is 169 g/mol. The number of nitrogens with one attached hydrogen (secondary N) is 1. The third-order valence-electron chi connectivity index (χ3n) is 2.08. The molecule has 1 aliphatic rings. The second-order valence-corrected chi connectivity index (χ2v) is 3.89. The van der Waals surface area contributed by atoms with Gasteiger partial charge in [-0.3, -0.25) is 4.99 Å². The fourth-order valence-corrected chi connectivity index (χ4v) is 1.09. The summed E-state index contributed by atoms with van der Waals surface area (Å²) in [6, 6.07) is 0.598. The van der Waals surface area contributed by atoms with Gasteiger partial charge in [0.25, 0.3) is 0 Å². The van der Waals surface area contributed by atoms with Crippen molar-refractivity contribution < 1.29 is 0 Å². The Labute approximate surface area is 74.4 Å². The van der Waals surface area contributed by atoms with Gasteiger partial charge in [0, 0.05) is 12.6 Å². The number of aliphatic imine (C=N–C) groups is 1. The fourth-order valence-electron chi connectivity index (χ4n) is 1.09. The highest BCUT2D eigenvalue weighted by atomic mass is 15.1. The number of nitrogens with two attached hydrogens (primary N) is 1. The highest BCUT2D eigenvalue weighted by Crippen LogP contribution is 2.17. The van der Waals surface area contributed by atoms with Crippen LogP contribution in [0.3, 0.4) is 0 Å². The van der Waals surface area contributed by atoms with E-state index in [1.807, 2.05) is 0 Å². The van der Waals surface area contributed by atoms with Gasteiger partial charge in [-0.05, 0) is 25.2 Å². The molecule has 0 heterocycles. The Balaban J connectivity index is 2.16. The maximum atomic E-state index is 5.67. The molecule has 0 unspecified atom stereocenters. The Bertz CT molecular complexity index is 159. The van der Waals surface area contributed by atoms with Crippen molar-refractivity contribution in [2.24, 2.45) is 16.6 Å². The maximum absolute atomic E-state index is 5.67. The van der Waals surface area contributed by atoms with Crippen LogP contribution in [0.15, 0.2) is 4.99 Å². The fraction of sp³-hybridized carbons (Fsp3) is 0.889. The molecule has 0 aliphatic heterocycles. The van der Waals surface area contributed by atoms with E-state index < -0.39 is 0 Å². The van der Waals surface area contributed by atoms with Crippen molar-refractivity contribution in [2.45, 2.75) is 39.2 Å². The van der Waals surface area contributed by atoms with Crippen LogP contribution in [-0.4, -0.2) is 18.5 Å². The Morgan fingerprint density at radius 2 is 2.25 bits per heavy atom. The molecule has 0 radical (unpaired) electrons. The molecule has 70 valence electrons. The van der Waals surface area contributed by atoms with Crippen LogP contribution in [0, 0.1) is 5.92 Å². The van der Waals surface area contributed by atoms with E-state index in [2.05, 4.69) is 24.2 Å². The summed E-state index contributed by atoms with van der Waals surface area (Å²) in [5, 5.41) is 3.20. The van der Waals surface area contributed by atoms with Crippen molar-refractivity contribution >= 4 is 5.96 Å². The van der Waals surface area contributed by atoms with Crippen LogP contribution in [-0.2, 0) is 0 Å². The third kappa shape index (κ3) is 3.11. The zero-order valence-corrected chi connectivity index (χ0v) is 8.01. The van der Waals surface area contributed by atoms with Crippen molar-refractivity contribution in [3.8, 4) is 0 Å². The molecule has 3 nitrogen and oxygen atoms in total. The number of hydrogen-bond donors (Lipinski definition) is 2. The first-order chi connectivity index (χ1) is 5.68. The van der Waals surface area contributed by atoms with Crippen LogP contribution in [0.25, 0.3) is 0 Å². The van der Waals surface area contributed by atoms with Gasteiger partial charge in [-0.25, -0.2) is 0 Å². The molecule has 3 heteroatoms. The molecule has 1 aliphatic carbocycles. The van der Waals surface area contributed by atoms with Crippen LogP contribution in [0.2, 0.25) is 0 Å². The Morgan fingerprint density at radius 3 is 2.67 bits per heavy atom. The van der Waals surface area contributed by atoms with Gasteiger partial charge in [-0.1, -0.05) is 13.8 Å². The van der Waals surface area contributed by atoms with E-state index in [0.29, 0.717) is 17.9 Å². The molecule has 0 amide bonds. The summed E-state index contributed by atoms with van der Waals surface area (Å²) in [5.41, 5.74) is 5.67. The van der Waals surface area contributed by atoms with Crippen molar-refractivity contribution in [2.75, 3.05) is 6.54 Å². The standard InChI is InChI=1S/C9H19N3/c1-7(2)6-11-9(10)12-8-4-3-5-8/h7-8H,3-6H2,1-2H3,(H3,10,11,12). The molecule has 1 rings (SSSR count). The molecule has 0 aromatic rings. The summed E-state index contributed by atoms with van der Waals surface area (Å²) in [6.45, 7) is 5.10. The minimum absolute atomic E-state index is 0.590. The normalized spacial score (nSPS) is 19.4. The molecular formula is C9H19N3. The molecule has 12 heavy (non-hydrogen) atoms. The highest BCUT2D eigenvalue weighted by molar-refractivity contribution is 5.78. The zero-order chi connectivity index (χ0) is 8.97. The maximum Gasteiger partial charge on any atom is 0.188 e. The molecule has 0 bridgehead atoms. The smallest absolute Gasteiger partial charge is 0.188 e. The van der Waals surface area contributed by atoms with Crippen molar-refractivity contribution in [3.05, 3.63) is 0 Å². The number of nitrogens with zero attached hydrogens (tertiary/aromatic N) is 1. The topological polar surface area (TPSA) is 50.4 Å². The van der Waals surface area contributed by atoms with Crippen LogP contribution in [0.4, 0.5) is 0 Å². The minimum atomic E-state index is 0.590. The minimum Gasteiger partial charge on any atom is -0.370 e. The average Bonchev–Trinajstić information content (AvgIpc) is 1.93. The van der Waals surface area contributed by atoms with Gasteiger partial charge in [0.15, 0.2) is 5.96 Å². The molecule has 3 N–H and O–H groups in total. The summed E-state index contributed by atoms with van der Waals surface area (Å²) in [4.78, 5) is 4.23. The number of hydrogen-bond acceptors (Lipinski definition) is 1. The van der Waals surface area contributed by atoms with E-state index in [1.54, 1.807) is 0 Å². The zero-order valence-electron chi connectivity index (χ0n) is 8.01. The predicted octanol–water partition coefficient (Wildman–Crippen LogP) is 1.10. The quantitative estimate of drug-likeness (QED) is 0.491. The molecular weight excluding hydrogens is 150 g/mol. The van der Waals surface area contributed by atoms with Crippen LogP contribution in [0.1, 0.15) is 33.1 Å². The largest absolute Gasteiger partial charge is 0.370 e. The van der Waals surface area contributed by atoms with Crippen molar-refractivity contribution in [3.63, 3.8) is 0 Å². The third-order valence-corrected chi connectivity index (χ3v) is 2.08. The summed E-state index contributed by atoms with van der Waals surface area (Å²) >= 11 is 0. The molecule has 1 saturated carbocycles. The molecule has 0 spiro atoms. The first-order valence-electron chi connectivity index (χ1n) is 4.75. The van der Waals surface area contributed by atoms with Crippen LogP contribution in [0.5, 0.6) is 0 Å². The molecule has 1 fully saturated rings. The van der Waals surface area contributed by atoms with E-state index in [-0.39, 0.29) is 0 Å². The lowest BCUT2D eigenvalue weighted by molar-refractivity contribution is 0.382. The second-order valence-electron chi connectivity index (χ2n) is 3.89. The molecule has 0 saturated heterocycles. The van der Waals surface area contributed by atoms with Gasteiger partial charge < -0.3 is 11.1 Å². The van der Waals surface area contributed by atoms with Crippen LogP contribution < -0.4 is 11.1 Å². The molecule has 0 atom stereocenters. The van der Waals surface area contributed by atoms with Gasteiger partial charge in [0.05, 0.1) is 0 Å². The Morgan fingerprint density at radius 1 is 1.58 bits per heavy atom. The van der Waals surface area contributed by atoms with E-state index in [4.69, 9.17) is 5.73 Å². The lowest BCUT2D eigenvalue weighted by Gasteiger charge is -2.26. The Kier molecular flexibility index (Phi) is 3.38. The van der Waals surface area contributed by atoms with Crippen molar-refractivity contribution in [1.29, 1.82) is 0 Å². The Hall–Kier alpha value is -0.730. The SMILES string of the molecule is CC(C)CN=C(N)NC1CCC1. The summed E-state index contributed by atoms with van der Waals surface area (Å²) in [7, 11) is 0. The van der Waals surface area contributed by atoms with Gasteiger partial charge in [0.2, 0.25) is 0 Å². The average molecular weight is 169 g/mol. The van der Waals surface area contributed by atoms with Gasteiger partial charge in [-0.2, -0.15) is 0 Å². The number of guanidine groups is 1.